The van der Waals surface area contributed by atoms with Gasteiger partial charge in [0.25, 0.3) is 0 Å². The lowest BCUT2D eigenvalue weighted by atomic mass is 10.1. The summed E-state index contributed by atoms with van der Waals surface area (Å²) >= 11 is 0. The van der Waals surface area contributed by atoms with Crippen LogP contribution in [0.15, 0.2) is 24.3 Å². The quantitative estimate of drug-likeness (QED) is 0.809. The van der Waals surface area contributed by atoms with E-state index in [1.54, 1.807) is 0 Å². The maximum atomic E-state index is 11.7. The lowest BCUT2D eigenvalue weighted by Crippen LogP contribution is -2.42. The monoisotopic (exact) mass is 234 g/mol. The van der Waals surface area contributed by atoms with Crippen LogP contribution in [-0.2, 0) is 16.1 Å². The van der Waals surface area contributed by atoms with Gasteiger partial charge in [-0.05, 0) is 18.1 Å². The summed E-state index contributed by atoms with van der Waals surface area (Å²) in [7, 11) is 0. The highest BCUT2D eigenvalue weighted by atomic mass is 16.6. The number of ether oxygens (including phenoxy) is 1. The Morgan fingerprint density at radius 2 is 2.29 bits per heavy atom. The molecule has 1 aromatic rings. The van der Waals surface area contributed by atoms with Crippen LogP contribution in [0.25, 0.3) is 0 Å². The van der Waals surface area contributed by atoms with Gasteiger partial charge < -0.3 is 15.4 Å². The Bertz CT molecular complexity index is 445. The van der Waals surface area contributed by atoms with Gasteiger partial charge in [0.1, 0.15) is 12.6 Å². The van der Waals surface area contributed by atoms with Gasteiger partial charge in [-0.15, -0.1) is 0 Å². The van der Waals surface area contributed by atoms with Crippen molar-refractivity contribution < 1.29 is 14.3 Å². The van der Waals surface area contributed by atoms with Crippen LogP contribution in [0.5, 0.6) is 0 Å². The largest absolute Gasteiger partial charge is 0.447 e. The molecule has 0 radical (unpaired) electrons. The number of benzene rings is 1. The molecule has 5 heteroatoms. The Hall–Kier alpha value is -2.04. The molecule has 17 heavy (non-hydrogen) atoms. The van der Waals surface area contributed by atoms with E-state index in [1.165, 1.54) is 0 Å². The van der Waals surface area contributed by atoms with E-state index in [0.717, 1.165) is 11.1 Å². The van der Waals surface area contributed by atoms with E-state index in [9.17, 15) is 9.59 Å². The molecule has 2 amide bonds. The molecule has 1 aliphatic rings. The molecule has 90 valence electrons. The van der Waals surface area contributed by atoms with Crippen molar-refractivity contribution >= 4 is 12.0 Å². The van der Waals surface area contributed by atoms with Crippen molar-refractivity contribution in [2.24, 2.45) is 0 Å². The van der Waals surface area contributed by atoms with Crippen molar-refractivity contribution in [3.63, 3.8) is 0 Å². The first-order valence-corrected chi connectivity index (χ1v) is 5.42. The summed E-state index contributed by atoms with van der Waals surface area (Å²) < 4.78 is 4.65. The number of alkyl carbamates (subject to hydrolysis) is 1. The molecule has 1 aromatic carbocycles. The summed E-state index contributed by atoms with van der Waals surface area (Å²) in [5.41, 5.74) is 2.19. The summed E-state index contributed by atoms with van der Waals surface area (Å²) in [4.78, 5) is 22.4. The van der Waals surface area contributed by atoms with E-state index in [1.807, 2.05) is 31.2 Å². The highest BCUT2D eigenvalue weighted by molar-refractivity contribution is 5.87. The van der Waals surface area contributed by atoms with Crippen LogP contribution >= 0.6 is 0 Å². The first-order chi connectivity index (χ1) is 8.16. The fourth-order valence-electron chi connectivity index (χ4n) is 1.64. The minimum Gasteiger partial charge on any atom is -0.447 e. The van der Waals surface area contributed by atoms with Gasteiger partial charge in [0, 0.05) is 6.54 Å². The molecule has 0 spiro atoms. The number of cyclic esters (lactones) is 1. The predicted molar refractivity (Wildman–Crippen MR) is 61.3 cm³/mol. The minimum atomic E-state index is -0.577. The molecule has 1 unspecified atom stereocenters. The van der Waals surface area contributed by atoms with Crippen LogP contribution in [0.1, 0.15) is 11.1 Å². The third kappa shape index (κ3) is 2.75. The zero-order chi connectivity index (χ0) is 12.3. The molecule has 2 N–H and O–H groups in total. The third-order valence-electron chi connectivity index (χ3n) is 2.70. The fourth-order valence-corrected chi connectivity index (χ4v) is 1.64. The molecule has 1 heterocycles. The Balaban J connectivity index is 1.88. The molecule has 2 rings (SSSR count). The summed E-state index contributed by atoms with van der Waals surface area (Å²) in [5.74, 6) is -0.223. The van der Waals surface area contributed by atoms with E-state index in [2.05, 4.69) is 15.4 Å². The minimum absolute atomic E-state index is 0.0957. The van der Waals surface area contributed by atoms with Gasteiger partial charge in [0.2, 0.25) is 5.91 Å². The van der Waals surface area contributed by atoms with E-state index in [0.29, 0.717) is 6.54 Å². The Morgan fingerprint density at radius 1 is 1.53 bits per heavy atom. The predicted octanol–water partition coefficient (Wildman–Crippen LogP) is 0.720. The maximum absolute atomic E-state index is 11.7. The van der Waals surface area contributed by atoms with Gasteiger partial charge in [-0.1, -0.05) is 24.3 Å². The van der Waals surface area contributed by atoms with Gasteiger partial charge in [-0.3, -0.25) is 4.79 Å². The van der Waals surface area contributed by atoms with Gasteiger partial charge in [-0.25, -0.2) is 4.79 Å². The number of hydrogen-bond acceptors (Lipinski definition) is 3. The summed E-state index contributed by atoms with van der Waals surface area (Å²) in [6, 6.07) is 7.24. The molecule has 1 atom stereocenters. The van der Waals surface area contributed by atoms with E-state index in [4.69, 9.17) is 0 Å². The molecular weight excluding hydrogens is 220 g/mol. The molecule has 1 saturated heterocycles. The number of amides is 2. The third-order valence-corrected chi connectivity index (χ3v) is 2.70. The average Bonchev–Trinajstić information content (AvgIpc) is 2.74. The summed E-state index contributed by atoms with van der Waals surface area (Å²) in [5, 5.41) is 5.20. The molecule has 1 aliphatic heterocycles. The molecule has 0 aromatic heterocycles. The number of nitrogens with one attached hydrogen (secondary N) is 2. The first-order valence-electron chi connectivity index (χ1n) is 5.42. The topological polar surface area (TPSA) is 67.4 Å². The van der Waals surface area contributed by atoms with Crippen LogP contribution < -0.4 is 10.6 Å². The van der Waals surface area contributed by atoms with E-state index >= 15 is 0 Å². The second-order valence-corrected chi connectivity index (χ2v) is 3.94. The second-order valence-electron chi connectivity index (χ2n) is 3.94. The van der Waals surface area contributed by atoms with Crippen molar-refractivity contribution in [1.82, 2.24) is 10.6 Å². The molecule has 0 saturated carbocycles. The van der Waals surface area contributed by atoms with Crippen molar-refractivity contribution in [2.75, 3.05) is 6.61 Å². The number of carbonyl (C=O) groups is 2. The zero-order valence-electron chi connectivity index (χ0n) is 9.53. The summed E-state index contributed by atoms with van der Waals surface area (Å²) in [6.45, 7) is 2.54. The second kappa shape index (κ2) is 4.86. The molecule has 5 nitrogen and oxygen atoms in total. The maximum Gasteiger partial charge on any atom is 0.407 e. The van der Waals surface area contributed by atoms with Crippen molar-refractivity contribution in [1.29, 1.82) is 0 Å². The van der Waals surface area contributed by atoms with Crippen molar-refractivity contribution in [3.8, 4) is 0 Å². The number of hydrogen-bond donors (Lipinski definition) is 2. The van der Waals surface area contributed by atoms with Gasteiger partial charge in [-0.2, -0.15) is 0 Å². The Kier molecular flexibility index (Phi) is 3.27. The highest BCUT2D eigenvalue weighted by Crippen LogP contribution is 2.06. The van der Waals surface area contributed by atoms with Crippen LogP contribution in [0, 0.1) is 6.92 Å². The number of carbonyl (C=O) groups excluding carboxylic acids is 2. The van der Waals surface area contributed by atoms with Gasteiger partial charge in [0.05, 0.1) is 0 Å². The SMILES string of the molecule is Cc1ccccc1CNC(=O)C1COC(=O)N1. The summed E-state index contributed by atoms with van der Waals surface area (Å²) in [6.07, 6.45) is -0.541. The van der Waals surface area contributed by atoms with Gasteiger partial charge in [0.15, 0.2) is 0 Å². The Labute approximate surface area is 99.2 Å². The standard InChI is InChI=1S/C12H14N2O3/c1-8-4-2-3-5-9(8)6-13-11(15)10-7-17-12(16)14-10/h2-5,10H,6-7H2,1H3,(H,13,15)(H,14,16). The van der Waals surface area contributed by atoms with Gasteiger partial charge >= 0.3 is 6.09 Å². The van der Waals surface area contributed by atoms with Crippen LogP contribution in [-0.4, -0.2) is 24.6 Å². The van der Waals surface area contributed by atoms with Crippen molar-refractivity contribution in [2.45, 2.75) is 19.5 Å². The average molecular weight is 234 g/mol. The van der Waals surface area contributed by atoms with Crippen LogP contribution in [0.3, 0.4) is 0 Å². The fraction of sp³-hybridized carbons (Fsp3) is 0.333. The molecule has 0 aliphatic carbocycles. The number of aryl methyl sites for hydroxylation is 1. The van der Waals surface area contributed by atoms with Crippen LogP contribution in [0.4, 0.5) is 4.79 Å². The van der Waals surface area contributed by atoms with Crippen molar-refractivity contribution in [3.05, 3.63) is 35.4 Å². The van der Waals surface area contributed by atoms with E-state index < -0.39 is 12.1 Å². The molecule has 1 fully saturated rings. The lowest BCUT2D eigenvalue weighted by molar-refractivity contribution is -0.122. The normalized spacial score (nSPS) is 18.4. The molecule has 0 bridgehead atoms. The number of rotatable bonds is 3. The zero-order valence-corrected chi connectivity index (χ0v) is 9.53. The highest BCUT2D eigenvalue weighted by Gasteiger charge is 2.28. The van der Waals surface area contributed by atoms with E-state index in [-0.39, 0.29) is 12.5 Å². The first kappa shape index (κ1) is 11.4. The van der Waals surface area contributed by atoms with Crippen LogP contribution in [0.2, 0.25) is 0 Å². The Morgan fingerprint density at radius 3 is 2.94 bits per heavy atom. The smallest absolute Gasteiger partial charge is 0.407 e. The molecular formula is C12H14N2O3. The lowest BCUT2D eigenvalue weighted by Gasteiger charge is -2.10.